The van der Waals surface area contributed by atoms with Crippen molar-refractivity contribution in [3.63, 3.8) is 0 Å². The van der Waals surface area contributed by atoms with Crippen LogP contribution in [-0.4, -0.2) is 28.5 Å². The van der Waals surface area contributed by atoms with Crippen LogP contribution in [0.3, 0.4) is 0 Å². The van der Waals surface area contributed by atoms with E-state index >= 15 is 0 Å². The minimum absolute atomic E-state index is 0.0148. The van der Waals surface area contributed by atoms with Gasteiger partial charge in [-0.1, -0.05) is 26.3 Å². The molecule has 1 atom stereocenters. The van der Waals surface area contributed by atoms with Gasteiger partial charge in [-0.15, -0.1) is 0 Å². The molecule has 0 aromatic heterocycles. The molecule has 1 aromatic carbocycles. The lowest BCUT2D eigenvalue weighted by atomic mass is 10.1. The molecule has 0 aliphatic rings. The average molecular weight is 308 g/mol. The molecular formula is C15H20N2O5. The van der Waals surface area contributed by atoms with E-state index in [9.17, 15) is 19.7 Å². The van der Waals surface area contributed by atoms with Gasteiger partial charge in [0.1, 0.15) is 0 Å². The lowest BCUT2D eigenvalue weighted by molar-refractivity contribution is -0.384. The van der Waals surface area contributed by atoms with Crippen LogP contribution in [0, 0.1) is 16.0 Å². The minimum atomic E-state index is -1.02. The van der Waals surface area contributed by atoms with E-state index in [4.69, 9.17) is 5.11 Å². The van der Waals surface area contributed by atoms with Gasteiger partial charge in [-0.05, 0) is 12.5 Å². The van der Waals surface area contributed by atoms with Crippen molar-refractivity contribution < 1.29 is 19.6 Å². The fourth-order valence-electron chi connectivity index (χ4n) is 1.94. The number of nitro benzene ring substituents is 1. The summed E-state index contributed by atoms with van der Waals surface area (Å²) in [5.74, 6) is -2.00. The van der Waals surface area contributed by atoms with E-state index in [0.717, 1.165) is 6.42 Å². The minimum Gasteiger partial charge on any atom is -0.481 e. The summed E-state index contributed by atoms with van der Waals surface area (Å²) < 4.78 is 0. The van der Waals surface area contributed by atoms with Crippen LogP contribution in [0.4, 0.5) is 11.4 Å². The number of nitro groups is 1. The van der Waals surface area contributed by atoms with E-state index in [-0.39, 0.29) is 24.6 Å². The monoisotopic (exact) mass is 308 g/mol. The molecule has 0 aliphatic carbocycles. The Morgan fingerprint density at radius 3 is 2.64 bits per heavy atom. The molecule has 0 radical (unpaired) electrons. The summed E-state index contributed by atoms with van der Waals surface area (Å²) >= 11 is 0. The van der Waals surface area contributed by atoms with E-state index in [1.165, 1.54) is 30.0 Å². The zero-order valence-electron chi connectivity index (χ0n) is 12.7. The molecule has 7 heteroatoms. The number of unbranched alkanes of at least 4 members (excludes halogenated alkanes) is 1. The lowest BCUT2D eigenvalue weighted by Gasteiger charge is -2.24. The molecule has 120 valence electrons. The highest BCUT2D eigenvalue weighted by atomic mass is 16.6. The number of benzene rings is 1. The van der Waals surface area contributed by atoms with Crippen molar-refractivity contribution in [2.45, 2.75) is 33.1 Å². The first-order valence-corrected chi connectivity index (χ1v) is 7.14. The maximum Gasteiger partial charge on any atom is 0.308 e. The Morgan fingerprint density at radius 2 is 2.09 bits per heavy atom. The van der Waals surface area contributed by atoms with E-state index in [1.807, 2.05) is 6.92 Å². The van der Waals surface area contributed by atoms with Gasteiger partial charge in [0.2, 0.25) is 5.91 Å². The highest BCUT2D eigenvalue weighted by Crippen LogP contribution is 2.23. The highest BCUT2D eigenvalue weighted by molar-refractivity contribution is 5.94. The SMILES string of the molecule is CCCCC(=O)N(CC(C)C(=O)O)c1cccc([N+](=O)[O-])c1. The van der Waals surface area contributed by atoms with Crippen molar-refractivity contribution >= 4 is 23.3 Å². The smallest absolute Gasteiger partial charge is 0.308 e. The van der Waals surface area contributed by atoms with Crippen molar-refractivity contribution in [2.24, 2.45) is 5.92 Å². The maximum absolute atomic E-state index is 12.3. The predicted molar refractivity (Wildman–Crippen MR) is 81.8 cm³/mol. The Morgan fingerprint density at radius 1 is 1.41 bits per heavy atom. The molecule has 7 nitrogen and oxygen atoms in total. The zero-order chi connectivity index (χ0) is 16.7. The summed E-state index contributed by atoms with van der Waals surface area (Å²) in [5, 5.41) is 19.9. The van der Waals surface area contributed by atoms with Crippen molar-refractivity contribution in [3.8, 4) is 0 Å². The number of carbonyl (C=O) groups excluding carboxylic acids is 1. The number of carbonyl (C=O) groups is 2. The van der Waals surface area contributed by atoms with E-state index in [2.05, 4.69) is 0 Å². The fraction of sp³-hybridized carbons (Fsp3) is 0.467. The van der Waals surface area contributed by atoms with Crippen LogP contribution in [0.1, 0.15) is 33.1 Å². The number of amides is 1. The molecule has 0 heterocycles. The number of hydrogen-bond donors (Lipinski definition) is 1. The van der Waals surface area contributed by atoms with Crippen molar-refractivity contribution in [3.05, 3.63) is 34.4 Å². The van der Waals surface area contributed by atoms with Crippen LogP contribution in [0.25, 0.3) is 0 Å². The molecular weight excluding hydrogens is 288 g/mol. The van der Waals surface area contributed by atoms with E-state index in [0.29, 0.717) is 12.1 Å². The van der Waals surface area contributed by atoms with Crippen LogP contribution >= 0.6 is 0 Å². The van der Waals surface area contributed by atoms with Crippen LogP contribution < -0.4 is 4.90 Å². The zero-order valence-corrected chi connectivity index (χ0v) is 12.7. The Hall–Kier alpha value is -2.44. The van der Waals surface area contributed by atoms with Gasteiger partial charge in [0.15, 0.2) is 0 Å². The average Bonchev–Trinajstić information content (AvgIpc) is 2.49. The van der Waals surface area contributed by atoms with Crippen molar-refractivity contribution in [1.29, 1.82) is 0 Å². The number of non-ortho nitro benzene ring substituents is 1. The molecule has 0 saturated carbocycles. The standard InChI is InChI=1S/C15H20N2O5/c1-3-4-8-14(18)16(10-11(2)15(19)20)12-6-5-7-13(9-12)17(21)22/h5-7,9,11H,3-4,8,10H2,1-2H3,(H,19,20). The molecule has 0 bridgehead atoms. The van der Waals surface area contributed by atoms with Gasteiger partial charge in [-0.2, -0.15) is 0 Å². The number of hydrogen-bond acceptors (Lipinski definition) is 4. The summed E-state index contributed by atoms with van der Waals surface area (Å²) in [5.41, 5.74) is 0.220. The molecule has 1 rings (SSSR count). The number of aliphatic carboxylic acids is 1. The van der Waals surface area contributed by atoms with Crippen LogP contribution in [0.5, 0.6) is 0 Å². The first-order chi connectivity index (χ1) is 10.4. The molecule has 0 aliphatic heterocycles. The highest BCUT2D eigenvalue weighted by Gasteiger charge is 2.23. The summed E-state index contributed by atoms with van der Waals surface area (Å²) in [6.07, 6.45) is 1.81. The third-order valence-corrected chi connectivity index (χ3v) is 3.28. The summed E-state index contributed by atoms with van der Waals surface area (Å²) in [6.45, 7) is 3.43. The van der Waals surface area contributed by atoms with Crippen molar-refractivity contribution in [1.82, 2.24) is 0 Å². The van der Waals surface area contributed by atoms with Gasteiger partial charge in [0, 0.05) is 25.1 Å². The Bertz CT molecular complexity index is 559. The van der Waals surface area contributed by atoms with Gasteiger partial charge in [0.25, 0.3) is 5.69 Å². The number of carboxylic acids is 1. The summed E-state index contributed by atoms with van der Waals surface area (Å²) in [7, 11) is 0. The number of carboxylic acid groups (broad SMARTS) is 1. The van der Waals surface area contributed by atoms with Gasteiger partial charge < -0.3 is 10.0 Å². The van der Waals surface area contributed by atoms with Gasteiger partial charge >= 0.3 is 5.97 Å². The van der Waals surface area contributed by atoms with Crippen LogP contribution in [0.2, 0.25) is 0 Å². The first-order valence-electron chi connectivity index (χ1n) is 7.14. The number of nitrogens with zero attached hydrogens (tertiary/aromatic N) is 2. The predicted octanol–water partition coefficient (Wildman–Crippen LogP) is 2.84. The first kappa shape index (κ1) is 17.6. The van der Waals surface area contributed by atoms with Gasteiger partial charge in [-0.3, -0.25) is 19.7 Å². The second-order valence-electron chi connectivity index (χ2n) is 5.12. The Kier molecular flexibility index (Phi) is 6.49. The summed E-state index contributed by atoms with van der Waals surface area (Å²) in [6, 6.07) is 5.68. The summed E-state index contributed by atoms with van der Waals surface area (Å²) in [4.78, 5) is 35.0. The normalized spacial score (nSPS) is 11.7. The van der Waals surface area contributed by atoms with Crippen molar-refractivity contribution in [2.75, 3.05) is 11.4 Å². The largest absolute Gasteiger partial charge is 0.481 e. The van der Waals surface area contributed by atoms with Gasteiger partial charge in [-0.25, -0.2) is 0 Å². The number of rotatable bonds is 8. The second kappa shape index (κ2) is 8.11. The third kappa shape index (κ3) is 4.83. The Balaban J connectivity index is 3.07. The topological polar surface area (TPSA) is 101 Å². The molecule has 0 fully saturated rings. The molecule has 1 amide bonds. The lowest BCUT2D eigenvalue weighted by Crippen LogP contribution is -2.37. The number of anilines is 1. The molecule has 1 unspecified atom stereocenters. The maximum atomic E-state index is 12.3. The second-order valence-corrected chi connectivity index (χ2v) is 5.12. The molecule has 1 aromatic rings. The third-order valence-electron chi connectivity index (χ3n) is 3.28. The molecule has 1 N–H and O–H groups in total. The van der Waals surface area contributed by atoms with Crippen LogP contribution in [-0.2, 0) is 9.59 Å². The molecule has 0 saturated heterocycles. The van der Waals surface area contributed by atoms with E-state index in [1.54, 1.807) is 6.07 Å². The quantitative estimate of drug-likeness (QED) is 0.588. The van der Waals surface area contributed by atoms with Gasteiger partial charge in [0.05, 0.1) is 16.5 Å². The Labute approximate surface area is 128 Å². The van der Waals surface area contributed by atoms with Crippen LogP contribution in [0.15, 0.2) is 24.3 Å². The molecule has 0 spiro atoms. The van der Waals surface area contributed by atoms with E-state index < -0.39 is 16.8 Å². The fourth-order valence-corrected chi connectivity index (χ4v) is 1.94. The molecule has 22 heavy (non-hydrogen) atoms.